The van der Waals surface area contributed by atoms with Gasteiger partial charge in [-0.05, 0) is 181 Å². The Morgan fingerprint density at radius 2 is 0.767 bits per heavy atom. The molecule has 5 nitrogen and oxygen atoms in total. The second-order valence-corrected chi connectivity index (χ2v) is 22.2. The van der Waals surface area contributed by atoms with Crippen molar-refractivity contribution in [3.63, 3.8) is 0 Å². The highest BCUT2D eigenvalue weighted by molar-refractivity contribution is 7.00. The molecule has 0 unspecified atom stereocenters. The molecule has 6 heteroatoms. The maximum absolute atomic E-state index is 10.1. The van der Waals surface area contributed by atoms with Crippen LogP contribution in [0.2, 0.25) is 0 Å². The zero-order valence-corrected chi connectivity index (χ0v) is 46.7. The van der Waals surface area contributed by atoms with Crippen molar-refractivity contribution >= 4 is 84.7 Å². The number of nitriles is 1. The van der Waals surface area contributed by atoms with Crippen LogP contribution in [-0.4, -0.2) is 11.3 Å². The summed E-state index contributed by atoms with van der Waals surface area (Å²) in [4.78, 5) is 8.84. The van der Waals surface area contributed by atoms with Crippen LogP contribution in [0.15, 0.2) is 303 Å². The number of fused-ring (bicyclic) bond motifs is 7. The molecule has 0 saturated carbocycles. The number of anilines is 6. The van der Waals surface area contributed by atoms with Gasteiger partial charge in [0.1, 0.15) is 0 Å². The third-order valence-corrected chi connectivity index (χ3v) is 17.3. The highest BCUT2D eigenvalue weighted by Crippen LogP contribution is 2.49. The first-order valence-corrected chi connectivity index (χ1v) is 29.1. The van der Waals surface area contributed by atoms with E-state index in [9.17, 15) is 5.26 Å². The number of aromatic nitrogens is 1. The third-order valence-electron chi connectivity index (χ3n) is 17.3. The average Bonchev–Trinajstić information content (AvgIpc) is 1.08. The smallest absolute Gasteiger partial charge is 0.252 e. The van der Waals surface area contributed by atoms with E-state index in [1.807, 2.05) is 18.2 Å². The fraction of sp³-hybridized carbons (Fsp3) is 0. The Balaban J connectivity index is 0.983. The fourth-order valence-corrected chi connectivity index (χ4v) is 13.5. The third kappa shape index (κ3) is 8.39. The molecule has 1 aromatic heterocycles. The second-order valence-electron chi connectivity index (χ2n) is 22.2. The van der Waals surface area contributed by atoms with Gasteiger partial charge in [-0.15, -0.1) is 0 Å². The van der Waals surface area contributed by atoms with E-state index in [0.29, 0.717) is 11.3 Å². The summed E-state index contributed by atoms with van der Waals surface area (Å²) in [6, 6.07) is 112. The van der Waals surface area contributed by atoms with Crippen LogP contribution < -0.4 is 26.2 Å². The van der Waals surface area contributed by atoms with E-state index in [-0.39, 0.29) is 6.71 Å². The predicted octanol–water partition coefficient (Wildman–Crippen LogP) is 19.3. The van der Waals surface area contributed by atoms with E-state index in [1.54, 1.807) is 6.07 Å². The Bertz CT molecular complexity index is 4750. The molecule has 14 aromatic rings. The van der Waals surface area contributed by atoms with Crippen LogP contribution in [0.25, 0.3) is 99.1 Å². The normalized spacial score (nSPS) is 12.1. The Morgan fingerprint density at radius 3 is 1.28 bits per heavy atom. The number of rotatable bonds is 9. The van der Waals surface area contributed by atoms with Crippen molar-refractivity contribution in [3.05, 3.63) is 320 Å². The summed E-state index contributed by atoms with van der Waals surface area (Å²) in [6.45, 7) is 7.82. The summed E-state index contributed by atoms with van der Waals surface area (Å²) < 4.78 is 2.34. The van der Waals surface area contributed by atoms with Gasteiger partial charge < -0.3 is 14.4 Å². The largest absolute Gasteiger partial charge is 0.311 e. The maximum Gasteiger partial charge on any atom is 0.252 e. The Kier molecular flexibility index (Phi) is 12.0. The molecular weight excluding hydrogens is 1040 g/mol. The van der Waals surface area contributed by atoms with Gasteiger partial charge in [0.05, 0.1) is 29.4 Å². The molecule has 0 atom stereocenters. The van der Waals surface area contributed by atoms with Crippen molar-refractivity contribution in [2.75, 3.05) is 9.80 Å². The molecule has 0 amide bonds. The predicted molar refractivity (Wildman–Crippen MR) is 358 cm³/mol. The van der Waals surface area contributed by atoms with Crippen molar-refractivity contribution in [1.82, 2.24) is 4.57 Å². The molecule has 0 saturated heterocycles. The summed E-state index contributed by atoms with van der Waals surface area (Å²) in [5, 5.41) is 12.3. The molecule has 2 aliphatic rings. The molecule has 86 heavy (non-hydrogen) atoms. The van der Waals surface area contributed by atoms with Crippen molar-refractivity contribution in [3.8, 4) is 78.5 Å². The molecule has 3 heterocycles. The Hall–Kier alpha value is -11.7. The lowest BCUT2D eigenvalue weighted by Gasteiger charge is -2.44. The van der Waals surface area contributed by atoms with Crippen LogP contribution in [0.3, 0.4) is 0 Å². The molecule has 0 N–H and O–H groups in total. The summed E-state index contributed by atoms with van der Waals surface area (Å²) in [7, 11) is 0. The zero-order chi connectivity index (χ0) is 57.2. The van der Waals surface area contributed by atoms with Crippen molar-refractivity contribution < 1.29 is 0 Å². The first kappa shape index (κ1) is 50.1. The number of nitrogens with zero attached hydrogens (tertiary/aromatic N) is 5. The van der Waals surface area contributed by atoms with Gasteiger partial charge in [0.15, 0.2) is 5.69 Å². The number of hydrogen-bond donors (Lipinski definition) is 0. The first-order chi connectivity index (χ1) is 42.5. The minimum atomic E-state index is -0.0917. The molecule has 2 aliphatic heterocycles. The topological polar surface area (TPSA) is 39.6 Å². The molecule has 0 bridgehead atoms. The van der Waals surface area contributed by atoms with Gasteiger partial charge in [-0.2, -0.15) is 5.26 Å². The molecule has 13 aromatic carbocycles. The number of benzene rings is 13. The quantitative estimate of drug-likeness (QED) is 0.107. The molecule has 0 spiro atoms. The van der Waals surface area contributed by atoms with Crippen LogP contribution >= 0.6 is 0 Å². The summed E-state index contributed by atoms with van der Waals surface area (Å²) in [6.07, 6.45) is 0. The van der Waals surface area contributed by atoms with Crippen LogP contribution in [0.1, 0.15) is 5.56 Å². The van der Waals surface area contributed by atoms with Gasteiger partial charge in [0.25, 0.3) is 6.71 Å². The minimum absolute atomic E-state index is 0.0917. The standard InChI is InChI=1S/C80H50BN5/c1-83-65-41-53(52-82)40-64(44-65)68-30-14-18-34-73(68)86-74-35-19-15-31-69(74)70-49-58(38-39-75(70)86)63-50-78-80-79(51-63)85(67-47-61(56-26-10-4-11-27-56)43-62(48-67)57-28-12-5-13-29-57)77-37-21-17-33-72(77)81(80)71-32-16-20-36-76(71)84(78)66-45-59(54-22-6-2-7-23-54)42-60(46-66)55-24-8-3-9-25-55/h2-51H. The van der Waals surface area contributed by atoms with E-state index in [1.165, 1.54) is 16.4 Å². The van der Waals surface area contributed by atoms with E-state index in [2.05, 4.69) is 304 Å². The van der Waals surface area contributed by atoms with Gasteiger partial charge in [-0.25, -0.2) is 4.85 Å². The van der Waals surface area contributed by atoms with Crippen LogP contribution in [0.4, 0.5) is 39.8 Å². The SMILES string of the molecule is [C-]#[N+]c1cc(C#N)cc(-c2ccccc2-n2c3ccccc3c3cc(-c4cc5c6c(c4)N(c4cc(-c7ccccc7)cc(-c7ccccc7)c4)c4ccccc4B6c4ccccc4N5c4cc(-c5ccccc5)cc(-c5ccccc5)c4)ccc32)c1. The number of hydrogen-bond acceptors (Lipinski definition) is 3. The molecule has 16 rings (SSSR count). The lowest BCUT2D eigenvalue weighted by molar-refractivity contribution is 1.18. The van der Waals surface area contributed by atoms with E-state index in [0.717, 1.165) is 128 Å². The van der Waals surface area contributed by atoms with Crippen molar-refractivity contribution in [2.24, 2.45) is 0 Å². The molecule has 0 radical (unpaired) electrons. The summed E-state index contributed by atoms with van der Waals surface area (Å²) in [5.74, 6) is 0. The Morgan fingerprint density at radius 1 is 0.326 bits per heavy atom. The monoisotopic (exact) mass is 1090 g/mol. The molecular formula is C80H50BN5. The van der Waals surface area contributed by atoms with Gasteiger partial charge in [-0.1, -0.05) is 200 Å². The van der Waals surface area contributed by atoms with Crippen LogP contribution in [-0.2, 0) is 0 Å². The van der Waals surface area contributed by atoms with E-state index < -0.39 is 0 Å². The van der Waals surface area contributed by atoms with Crippen LogP contribution in [0.5, 0.6) is 0 Å². The first-order valence-electron chi connectivity index (χ1n) is 29.1. The van der Waals surface area contributed by atoms with Crippen molar-refractivity contribution in [1.29, 1.82) is 5.26 Å². The van der Waals surface area contributed by atoms with Gasteiger partial charge in [0, 0.05) is 56.0 Å². The van der Waals surface area contributed by atoms with E-state index >= 15 is 0 Å². The van der Waals surface area contributed by atoms with E-state index in [4.69, 9.17) is 6.57 Å². The highest BCUT2D eigenvalue weighted by atomic mass is 15.2. The minimum Gasteiger partial charge on any atom is -0.311 e. The lowest BCUT2D eigenvalue weighted by atomic mass is 9.33. The zero-order valence-electron chi connectivity index (χ0n) is 46.7. The average molecular weight is 1090 g/mol. The maximum atomic E-state index is 10.1. The Labute approximate surface area is 500 Å². The highest BCUT2D eigenvalue weighted by Gasteiger charge is 2.44. The van der Waals surface area contributed by atoms with Gasteiger partial charge in [-0.3, -0.25) is 0 Å². The lowest BCUT2D eigenvalue weighted by Crippen LogP contribution is -2.61. The van der Waals surface area contributed by atoms with Crippen molar-refractivity contribution in [2.45, 2.75) is 0 Å². The summed E-state index contributed by atoms with van der Waals surface area (Å²) >= 11 is 0. The molecule has 0 aliphatic carbocycles. The summed E-state index contributed by atoms with van der Waals surface area (Å²) in [5.41, 5.74) is 27.4. The second kappa shape index (κ2) is 20.6. The van der Waals surface area contributed by atoms with Crippen LogP contribution in [0, 0.1) is 17.9 Å². The fourth-order valence-electron chi connectivity index (χ4n) is 13.5. The molecule has 0 fully saturated rings. The van der Waals surface area contributed by atoms with Gasteiger partial charge in [0.2, 0.25) is 0 Å². The number of para-hydroxylation sites is 4. The van der Waals surface area contributed by atoms with Gasteiger partial charge >= 0.3 is 0 Å². The molecule has 398 valence electrons.